The summed E-state index contributed by atoms with van der Waals surface area (Å²) in [6.07, 6.45) is 0. The van der Waals surface area contributed by atoms with Gasteiger partial charge in [-0.1, -0.05) is 29.8 Å². The van der Waals surface area contributed by atoms with Crippen LogP contribution < -0.4 is 15.8 Å². The first-order valence-corrected chi connectivity index (χ1v) is 6.97. The van der Waals surface area contributed by atoms with Crippen molar-refractivity contribution in [1.82, 2.24) is 9.97 Å². The lowest BCUT2D eigenvalue weighted by Gasteiger charge is -2.08. The molecular weight excluding hydrogens is 300 g/mol. The van der Waals surface area contributed by atoms with Gasteiger partial charge in [0.25, 0.3) is 0 Å². The second-order valence-corrected chi connectivity index (χ2v) is 4.89. The molecule has 0 aliphatic carbocycles. The topological polar surface area (TPSA) is 73.1 Å². The van der Waals surface area contributed by atoms with Crippen molar-refractivity contribution in [3.8, 4) is 11.5 Å². The number of benzene rings is 2. The van der Waals surface area contributed by atoms with E-state index in [0.717, 1.165) is 17.2 Å². The van der Waals surface area contributed by atoms with Crippen LogP contribution >= 0.6 is 11.6 Å². The SMILES string of the molecule is Nc1nc(Cl)cc(Nc2ccc(Oc3ccccc3)cc2)n1. The lowest BCUT2D eigenvalue weighted by atomic mass is 10.3. The summed E-state index contributed by atoms with van der Waals surface area (Å²) in [5.74, 6) is 2.20. The summed E-state index contributed by atoms with van der Waals surface area (Å²) in [5, 5.41) is 3.40. The molecule has 0 aliphatic heterocycles. The molecule has 3 rings (SSSR count). The summed E-state index contributed by atoms with van der Waals surface area (Å²) in [7, 11) is 0. The monoisotopic (exact) mass is 312 g/mol. The fraction of sp³-hybridized carbons (Fsp3) is 0. The van der Waals surface area contributed by atoms with Crippen molar-refractivity contribution in [2.24, 2.45) is 0 Å². The highest BCUT2D eigenvalue weighted by Gasteiger charge is 2.02. The molecule has 0 atom stereocenters. The highest BCUT2D eigenvalue weighted by molar-refractivity contribution is 6.29. The molecule has 6 heteroatoms. The summed E-state index contributed by atoms with van der Waals surface area (Å²) in [4.78, 5) is 7.87. The van der Waals surface area contributed by atoms with Crippen LogP contribution in [0.15, 0.2) is 60.7 Å². The Hall–Kier alpha value is -2.79. The van der Waals surface area contributed by atoms with Gasteiger partial charge in [-0.2, -0.15) is 4.98 Å². The number of hydrogen-bond donors (Lipinski definition) is 2. The first-order valence-electron chi connectivity index (χ1n) is 6.59. The molecule has 110 valence electrons. The van der Waals surface area contributed by atoms with Crippen molar-refractivity contribution in [2.45, 2.75) is 0 Å². The predicted molar refractivity (Wildman–Crippen MR) is 87.7 cm³/mol. The molecule has 22 heavy (non-hydrogen) atoms. The van der Waals surface area contributed by atoms with E-state index in [-0.39, 0.29) is 5.95 Å². The zero-order valence-electron chi connectivity index (χ0n) is 11.5. The van der Waals surface area contributed by atoms with E-state index >= 15 is 0 Å². The molecule has 0 radical (unpaired) electrons. The molecule has 2 aromatic carbocycles. The van der Waals surface area contributed by atoms with Crippen LogP contribution in [0.3, 0.4) is 0 Å². The molecule has 0 bridgehead atoms. The maximum absolute atomic E-state index is 5.84. The lowest BCUT2D eigenvalue weighted by Crippen LogP contribution is -1.99. The number of nitrogens with two attached hydrogens (primary N) is 1. The van der Waals surface area contributed by atoms with Gasteiger partial charge in [0, 0.05) is 11.8 Å². The number of nitrogens with one attached hydrogen (secondary N) is 1. The van der Waals surface area contributed by atoms with Gasteiger partial charge in [-0.3, -0.25) is 0 Å². The van der Waals surface area contributed by atoms with E-state index in [9.17, 15) is 0 Å². The Morgan fingerprint density at radius 2 is 1.59 bits per heavy atom. The van der Waals surface area contributed by atoms with Crippen molar-refractivity contribution in [2.75, 3.05) is 11.1 Å². The molecule has 0 amide bonds. The Kier molecular flexibility index (Phi) is 4.07. The van der Waals surface area contributed by atoms with E-state index in [4.69, 9.17) is 22.1 Å². The number of nitrogens with zero attached hydrogens (tertiary/aromatic N) is 2. The van der Waals surface area contributed by atoms with Gasteiger partial charge in [0.15, 0.2) is 0 Å². The van der Waals surface area contributed by atoms with Crippen LogP contribution in [0.5, 0.6) is 11.5 Å². The highest BCUT2D eigenvalue weighted by atomic mass is 35.5. The highest BCUT2D eigenvalue weighted by Crippen LogP contribution is 2.24. The van der Waals surface area contributed by atoms with Crippen molar-refractivity contribution >= 4 is 29.1 Å². The minimum atomic E-state index is 0.124. The number of rotatable bonds is 4. The molecule has 0 aliphatic rings. The summed E-state index contributed by atoms with van der Waals surface area (Å²) in [5.41, 5.74) is 6.40. The van der Waals surface area contributed by atoms with E-state index in [1.165, 1.54) is 0 Å². The normalized spacial score (nSPS) is 10.2. The number of para-hydroxylation sites is 1. The number of nitrogen functional groups attached to an aromatic ring is 1. The first kappa shape index (κ1) is 14.2. The second kappa shape index (κ2) is 6.32. The predicted octanol–water partition coefficient (Wildman–Crippen LogP) is 4.25. The first-order chi connectivity index (χ1) is 10.7. The van der Waals surface area contributed by atoms with E-state index in [1.807, 2.05) is 54.6 Å². The average Bonchev–Trinajstić information content (AvgIpc) is 2.49. The molecule has 0 saturated heterocycles. The van der Waals surface area contributed by atoms with Gasteiger partial charge in [0.05, 0.1) is 0 Å². The van der Waals surface area contributed by atoms with Gasteiger partial charge in [-0.15, -0.1) is 0 Å². The van der Waals surface area contributed by atoms with Gasteiger partial charge in [0.2, 0.25) is 5.95 Å². The molecule has 1 aromatic heterocycles. The van der Waals surface area contributed by atoms with Gasteiger partial charge >= 0.3 is 0 Å². The molecule has 3 N–H and O–H groups in total. The summed E-state index contributed by atoms with van der Waals surface area (Å²) >= 11 is 5.84. The largest absolute Gasteiger partial charge is 0.457 e. The quantitative estimate of drug-likeness (QED) is 0.705. The maximum Gasteiger partial charge on any atom is 0.223 e. The number of hydrogen-bond acceptors (Lipinski definition) is 5. The molecular formula is C16H13ClN4O. The van der Waals surface area contributed by atoms with E-state index in [1.54, 1.807) is 6.07 Å². The summed E-state index contributed by atoms with van der Waals surface area (Å²) < 4.78 is 5.73. The smallest absolute Gasteiger partial charge is 0.223 e. The number of aromatic nitrogens is 2. The van der Waals surface area contributed by atoms with Gasteiger partial charge in [-0.25, -0.2) is 4.98 Å². The van der Waals surface area contributed by atoms with Crippen LogP contribution in [0.2, 0.25) is 5.15 Å². The Bertz CT molecular complexity index is 743. The van der Waals surface area contributed by atoms with E-state index in [2.05, 4.69) is 15.3 Å². The van der Waals surface area contributed by atoms with Crippen LogP contribution in [0, 0.1) is 0 Å². The average molecular weight is 313 g/mol. The molecule has 0 spiro atoms. The molecule has 1 heterocycles. The minimum absolute atomic E-state index is 0.124. The van der Waals surface area contributed by atoms with Gasteiger partial charge in [0.1, 0.15) is 22.5 Å². The van der Waals surface area contributed by atoms with Gasteiger partial charge < -0.3 is 15.8 Å². The fourth-order valence-electron chi connectivity index (χ4n) is 1.88. The van der Waals surface area contributed by atoms with Crippen LogP contribution in [-0.4, -0.2) is 9.97 Å². The van der Waals surface area contributed by atoms with Crippen molar-refractivity contribution in [3.05, 3.63) is 65.8 Å². The molecule has 3 aromatic rings. The maximum atomic E-state index is 5.84. The molecule has 0 saturated carbocycles. The van der Waals surface area contributed by atoms with E-state index in [0.29, 0.717) is 11.0 Å². The molecule has 5 nitrogen and oxygen atoms in total. The molecule has 0 unspecified atom stereocenters. The van der Waals surface area contributed by atoms with E-state index < -0.39 is 0 Å². The minimum Gasteiger partial charge on any atom is -0.457 e. The van der Waals surface area contributed by atoms with Crippen molar-refractivity contribution in [3.63, 3.8) is 0 Å². The van der Waals surface area contributed by atoms with Crippen LogP contribution in [-0.2, 0) is 0 Å². The zero-order chi connectivity index (χ0) is 15.4. The Morgan fingerprint density at radius 3 is 2.27 bits per heavy atom. The third kappa shape index (κ3) is 3.65. The lowest BCUT2D eigenvalue weighted by molar-refractivity contribution is 0.483. The summed E-state index contributed by atoms with van der Waals surface area (Å²) in [6.45, 7) is 0. The number of halogens is 1. The molecule has 0 fully saturated rings. The van der Waals surface area contributed by atoms with Crippen molar-refractivity contribution in [1.29, 1.82) is 0 Å². The Balaban J connectivity index is 1.71. The Labute approximate surface area is 132 Å². The Morgan fingerprint density at radius 1 is 0.909 bits per heavy atom. The third-order valence-corrected chi connectivity index (χ3v) is 3.01. The zero-order valence-corrected chi connectivity index (χ0v) is 12.3. The van der Waals surface area contributed by atoms with Crippen molar-refractivity contribution < 1.29 is 4.74 Å². The van der Waals surface area contributed by atoms with Crippen LogP contribution in [0.25, 0.3) is 0 Å². The van der Waals surface area contributed by atoms with Crippen LogP contribution in [0.1, 0.15) is 0 Å². The number of ether oxygens (including phenoxy) is 1. The van der Waals surface area contributed by atoms with Gasteiger partial charge in [-0.05, 0) is 36.4 Å². The number of anilines is 3. The third-order valence-electron chi connectivity index (χ3n) is 2.82. The standard InChI is InChI=1S/C16H13ClN4O/c17-14-10-15(21-16(18)20-14)19-11-6-8-13(9-7-11)22-12-4-2-1-3-5-12/h1-10H,(H3,18,19,20,21). The second-order valence-electron chi connectivity index (χ2n) is 4.50. The van der Waals surface area contributed by atoms with Crippen LogP contribution in [0.4, 0.5) is 17.5 Å². The fourth-order valence-corrected chi connectivity index (χ4v) is 2.07. The summed E-state index contributed by atoms with van der Waals surface area (Å²) in [6, 6.07) is 18.7.